The van der Waals surface area contributed by atoms with Crippen LogP contribution in [-0.4, -0.2) is 0 Å². The highest BCUT2D eigenvalue weighted by Crippen LogP contribution is 2.59. The average Bonchev–Trinajstić information content (AvgIpc) is 3.23. The number of aryl methyl sites for hydroxylation is 6. The molecule has 8 aromatic carbocycles. The predicted molar refractivity (Wildman–Crippen MR) is 262 cm³/mol. The van der Waals surface area contributed by atoms with Crippen LogP contribution in [0.5, 0.6) is 0 Å². The van der Waals surface area contributed by atoms with Crippen LogP contribution in [0, 0.1) is 41.5 Å². The molecule has 0 atom stereocenters. The van der Waals surface area contributed by atoms with Gasteiger partial charge in [0.1, 0.15) is 46.4 Å². The molecule has 0 fully saturated rings. The zero-order valence-corrected chi connectivity index (χ0v) is 41.2. The summed E-state index contributed by atoms with van der Waals surface area (Å²) in [5, 5.41) is 8.65. The molecule has 0 aliphatic rings. The highest BCUT2D eigenvalue weighted by Gasteiger charge is 2.47. The van der Waals surface area contributed by atoms with E-state index in [4.69, 9.17) is 0 Å². The molecule has 0 saturated carbocycles. The van der Waals surface area contributed by atoms with Gasteiger partial charge in [0.2, 0.25) is 0 Å². The minimum Gasteiger partial charge on any atom is -1.00 e. The zero-order valence-electron chi connectivity index (χ0n) is 36.2. The molecule has 0 aliphatic heterocycles. The first kappa shape index (κ1) is 46.1. The molecule has 0 aromatic heterocycles. The normalized spacial score (nSPS) is 11.4. The molecule has 0 bridgehead atoms. The first-order valence-corrected chi connectivity index (χ1v) is 24.9. The van der Waals surface area contributed by atoms with E-state index in [9.17, 15) is 0 Å². The van der Waals surface area contributed by atoms with Crippen molar-refractivity contribution in [1.82, 2.24) is 0 Å². The number of hydrogen-bond donors (Lipinski definition) is 0. The van der Waals surface area contributed by atoms with Crippen molar-refractivity contribution >= 4 is 46.4 Å². The van der Waals surface area contributed by atoms with Gasteiger partial charge in [0.15, 0.2) is 0 Å². The third kappa shape index (κ3) is 10.1. The molecule has 0 nitrogen and oxygen atoms in total. The van der Waals surface area contributed by atoms with E-state index in [1.807, 2.05) is 0 Å². The van der Waals surface area contributed by atoms with Crippen LogP contribution >= 0.6 is 14.5 Å². The molecule has 0 amide bonds. The van der Waals surface area contributed by atoms with Gasteiger partial charge in [0, 0.05) is 0 Å². The maximum absolute atomic E-state index is 2.44. The Morgan fingerprint density at radius 1 is 0.262 bits per heavy atom. The molecular weight excluding hydrogens is 906 g/mol. The van der Waals surface area contributed by atoms with Gasteiger partial charge in [-0.05, 0) is 176 Å². The lowest BCUT2D eigenvalue weighted by Gasteiger charge is -2.29. The lowest BCUT2D eigenvalue weighted by molar-refractivity contribution is -0.00100. The molecule has 0 N–H and O–H groups in total. The molecule has 0 heterocycles. The van der Waals surface area contributed by atoms with Crippen LogP contribution in [-0.2, 0) is 18.7 Å². The molecule has 8 rings (SSSR count). The molecule has 0 aliphatic carbocycles. The zero-order chi connectivity index (χ0) is 41.0. The third-order valence-electron chi connectivity index (χ3n) is 11.9. The Bertz CT molecular complexity index is 2310. The van der Waals surface area contributed by atoms with Crippen LogP contribution in [0.4, 0.5) is 0 Å². The maximum Gasteiger partial charge on any atom is 0.116 e. The van der Waals surface area contributed by atoms with E-state index in [2.05, 4.69) is 236 Å². The van der Waals surface area contributed by atoms with E-state index in [-0.39, 0.29) is 34.0 Å². The van der Waals surface area contributed by atoms with Crippen LogP contribution in [0.1, 0.15) is 55.6 Å². The van der Waals surface area contributed by atoms with Crippen LogP contribution in [0.25, 0.3) is 0 Å². The summed E-state index contributed by atoms with van der Waals surface area (Å²) in [6.45, 7) is 13.3. The Morgan fingerprint density at radius 3 is 0.656 bits per heavy atom. The van der Waals surface area contributed by atoms with Crippen molar-refractivity contribution < 1.29 is 34.0 Å². The highest BCUT2D eigenvalue weighted by molar-refractivity contribution is 7.95. The Labute approximate surface area is 387 Å². The second kappa shape index (κ2) is 20.2. The van der Waals surface area contributed by atoms with Gasteiger partial charge in [0.25, 0.3) is 0 Å². The fraction of sp³-hybridized carbons (Fsp3) is 0.158. The monoisotopic (exact) mass is 960 g/mol. The third-order valence-corrected chi connectivity index (χ3v) is 20.6. The van der Waals surface area contributed by atoms with Crippen molar-refractivity contribution in [3.05, 3.63) is 250 Å². The lowest BCUT2D eigenvalue weighted by atomic mass is 10.0. The van der Waals surface area contributed by atoms with E-state index in [1.165, 1.54) is 87.5 Å². The van der Waals surface area contributed by atoms with Gasteiger partial charge in [-0.25, -0.2) is 0 Å². The summed E-state index contributed by atoms with van der Waals surface area (Å²) in [4.78, 5) is 0. The van der Waals surface area contributed by atoms with E-state index in [0.717, 1.165) is 18.7 Å². The Morgan fingerprint density at radius 2 is 0.459 bits per heavy atom. The highest BCUT2D eigenvalue weighted by atomic mass is 79.9. The Kier molecular flexibility index (Phi) is 15.2. The van der Waals surface area contributed by atoms with E-state index in [0.29, 0.717) is 0 Å². The van der Waals surface area contributed by atoms with Crippen molar-refractivity contribution in [2.75, 3.05) is 0 Å². The quantitative estimate of drug-likeness (QED) is 0.130. The summed E-state index contributed by atoms with van der Waals surface area (Å²) in [6.07, 6.45) is 2.86. The SMILES string of the molecule is Cc1cccc([P+](Cc2ccc(Cc3ccc(C[P+](c4cccc(C)c4)(c4cccc(C)c4)c4cccc(C)c4)cc3)cc2)(c2cccc(C)c2)c2cccc(C)c2)c1.[Br-].[Br-]. The predicted octanol–water partition coefficient (Wildman–Crippen LogP) is 6.12. The molecule has 308 valence electrons. The molecule has 61 heavy (non-hydrogen) atoms. The molecule has 0 radical (unpaired) electrons. The van der Waals surface area contributed by atoms with Gasteiger partial charge in [-0.1, -0.05) is 121 Å². The van der Waals surface area contributed by atoms with Crippen LogP contribution in [0.2, 0.25) is 0 Å². The largest absolute Gasteiger partial charge is 1.00 e. The summed E-state index contributed by atoms with van der Waals surface area (Å²) in [5.74, 6) is 0. The van der Waals surface area contributed by atoms with Crippen molar-refractivity contribution in [2.24, 2.45) is 0 Å². The minimum atomic E-state index is -2.03. The van der Waals surface area contributed by atoms with Gasteiger partial charge >= 0.3 is 0 Å². The van der Waals surface area contributed by atoms with Crippen molar-refractivity contribution in [3.63, 3.8) is 0 Å². The lowest BCUT2D eigenvalue weighted by Crippen LogP contribution is -3.00. The topological polar surface area (TPSA) is 0 Å². The second-order valence-corrected chi connectivity index (χ2v) is 23.7. The van der Waals surface area contributed by atoms with E-state index >= 15 is 0 Å². The van der Waals surface area contributed by atoms with E-state index in [1.54, 1.807) is 0 Å². The van der Waals surface area contributed by atoms with Crippen LogP contribution < -0.4 is 65.8 Å². The average molecular weight is 963 g/mol. The Balaban J connectivity index is 0.00000311. The van der Waals surface area contributed by atoms with Crippen molar-refractivity contribution in [3.8, 4) is 0 Å². The smallest absolute Gasteiger partial charge is 0.116 e. The first-order valence-electron chi connectivity index (χ1n) is 21.0. The molecule has 0 unspecified atom stereocenters. The number of hydrogen-bond acceptors (Lipinski definition) is 0. The van der Waals surface area contributed by atoms with Gasteiger partial charge in [-0.15, -0.1) is 0 Å². The standard InChI is InChI=1S/C57H56P2.2BrH/c1-42-13-7-19-52(33-42)58(53-20-8-14-43(2)34-53,54-21-9-15-44(3)35-54)40-50-29-25-48(26-30-50)39-49-27-31-51(32-28-49)41-59(55-22-10-16-45(4)36-55,56-23-11-17-46(5)37-56)57-24-12-18-47(6)38-57;;/h7-38H,39-41H2,1-6H3;2*1H/q+2;;/p-2. The van der Waals surface area contributed by atoms with Gasteiger partial charge in [-0.3, -0.25) is 0 Å². The number of benzene rings is 8. The van der Waals surface area contributed by atoms with Crippen molar-refractivity contribution in [1.29, 1.82) is 0 Å². The number of halogens is 2. The summed E-state index contributed by atoms with van der Waals surface area (Å²) < 4.78 is 0. The second-order valence-electron chi connectivity index (χ2n) is 16.8. The summed E-state index contributed by atoms with van der Waals surface area (Å²) >= 11 is 0. The van der Waals surface area contributed by atoms with E-state index < -0.39 is 14.5 Å². The van der Waals surface area contributed by atoms with Crippen LogP contribution in [0.15, 0.2) is 194 Å². The Hall–Kier alpha value is -4.42. The summed E-state index contributed by atoms with van der Waals surface area (Å²) in [5.41, 5.74) is 13.3. The number of rotatable bonds is 12. The van der Waals surface area contributed by atoms with Gasteiger partial charge in [0.05, 0.1) is 12.3 Å². The summed E-state index contributed by atoms with van der Waals surface area (Å²) in [6, 6.07) is 74.7. The summed E-state index contributed by atoms with van der Waals surface area (Å²) in [7, 11) is -4.07. The molecular formula is C57H56Br2P2. The fourth-order valence-corrected chi connectivity index (χ4v) is 17.9. The first-order chi connectivity index (χ1) is 28.6. The van der Waals surface area contributed by atoms with Crippen molar-refractivity contribution in [2.45, 2.75) is 60.3 Å². The molecule has 0 spiro atoms. The van der Waals surface area contributed by atoms with Crippen LogP contribution in [0.3, 0.4) is 0 Å². The van der Waals surface area contributed by atoms with Gasteiger partial charge < -0.3 is 34.0 Å². The molecule has 4 heteroatoms. The maximum atomic E-state index is 2.44. The van der Waals surface area contributed by atoms with Gasteiger partial charge in [-0.2, -0.15) is 0 Å². The fourth-order valence-electron chi connectivity index (χ4n) is 8.94. The minimum absolute atomic E-state index is 0. The molecule has 0 saturated heterocycles. The molecule has 8 aromatic rings.